The maximum atomic E-state index is 13.4. The van der Waals surface area contributed by atoms with Crippen molar-refractivity contribution in [2.45, 2.75) is 6.30 Å². The number of halogens is 5. The molecule has 0 unspecified atom stereocenters. The van der Waals surface area contributed by atoms with Gasteiger partial charge < -0.3 is 0 Å². The average Bonchev–Trinajstić information content (AvgIpc) is 2.65. The van der Waals surface area contributed by atoms with E-state index in [1.165, 1.54) is 0 Å². The first kappa shape index (κ1) is 11.8. The van der Waals surface area contributed by atoms with Crippen molar-refractivity contribution in [2.24, 2.45) is 0 Å². The normalized spacial score (nSPS) is 11.8. The molecule has 2 rings (SSSR count). The van der Waals surface area contributed by atoms with Gasteiger partial charge in [0.1, 0.15) is 11.0 Å². The van der Waals surface area contributed by atoms with Gasteiger partial charge in [-0.25, -0.2) is 9.37 Å². The Bertz CT molecular complexity index is 549. The van der Waals surface area contributed by atoms with Crippen LogP contribution in [0.4, 0.5) is 17.6 Å². The first-order valence-corrected chi connectivity index (χ1v) is 4.70. The topological polar surface area (TPSA) is 30.7 Å². The second-order valence-corrected chi connectivity index (χ2v) is 3.49. The molecule has 0 radical (unpaired) electrons. The molecule has 0 aliphatic rings. The van der Waals surface area contributed by atoms with Crippen molar-refractivity contribution in [3.05, 3.63) is 35.5 Å². The summed E-state index contributed by atoms with van der Waals surface area (Å²) in [6.07, 6.45) is -2.90. The van der Waals surface area contributed by atoms with Gasteiger partial charge in [-0.2, -0.15) is 9.78 Å². The highest BCUT2D eigenvalue weighted by Gasteiger charge is 2.31. The van der Waals surface area contributed by atoms with Gasteiger partial charge in [-0.15, -0.1) is 13.2 Å². The molecule has 8 heteroatoms. The smallest absolute Gasteiger partial charge is 0.244 e. The van der Waals surface area contributed by atoms with Crippen molar-refractivity contribution in [3.63, 3.8) is 0 Å². The van der Waals surface area contributed by atoms with Crippen molar-refractivity contribution in [3.8, 4) is 11.3 Å². The molecule has 0 saturated carbocycles. The summed E-state index contributed by atoms with van der Waals surface area (Å²) in [7, 11) is 0. The largest absolute Gasteiger partial charge is 0.504 e. The fourth-order valence-corrected chi connectivity index (χ4v) is 1.35. The van der Waals surface area contributed by atoms with Crippen LogP contribution < -0.4 is 0 Å². The molecule has 0 saturated heterocycles. The van der Waals surface area contributed by atoms with Gasteiger partial charge in [0.15, 0.2) is 0 Å². The van der Waals surface area contributed by atoms with Crippen LogP contribution >= 0.6 is 11.6 Å². The summed E-state index contributed by atoms with van der Waals surface area (Å²) in [6, 6.07) is 1.95. The molecule has 2 heterocycles. The van der Waals surface area contributed by atoms with E-state index in [2.05, 4.69) is 10.1 Å². The van der Waals surface area contributed by atoms with Gasteiger partial charge in [0.25, 0.3) is 0 Å². The van der Waals surface area contributed by atoms with Gasteiger partial charge in [0.2, 0.25) is 0 Å². The second-order valence-electron chi connectivity index (χ2n) is 3.10. The Morgan fingerprint density at radius 2 is 2.00 bits per heavy atom. The Morgan fingerprint density at radius 3 is 2.53 bits per heavy atom. The molecule has 0 aliphatic carbocycles. The van der Waals surface area contributed by atoms with E-state index in [1.54, 1.807) is 0 Å². The minimum atomic E-state index is -4.63. The van der Waals surface area contributed by atoms with Crippen LogP contribution in [-0.4, -0.2) is 14.8 Å². The Kier molecular flexibility index (Phi) is 2.78. The second kappa shape index (κ2) is 3.99. The van der Waals surface area contributed by atoms with Crippen molar-refractivity contribution in [2.75, 3.05) is 0 Å². The van der Waals surface area contributed by atoms with E-state index in [0.717, 1.165) is 18.3 Å². The number of hydrogen-bond acceptors (Lipinski definition) is 2. The van der Waals surface area contributed by atoms with Crippen molar-refractivity contribution in [1.29, 1.82) is 0 Å². The highest BCUT2D eigenvalue weighted by atomic mass is 35.5. The third-order valence-electron chi connectivity index (χ3n) is 1.94. The summed E-state index contributed by atoms with van der Waals surface area (Å²) in [5.74, 6) is -0.780. The lowest BCUT2D eigenvalue weighted by molar-refractivity contribution is -0.212. The van der Waals surface area contributed by atoms with Gasteiger partial charge in [0.05, 0.1) is 11.3 Å². The van der Waals surface area contributed by atoms with Crippen molar-refractivity contribution < 1.29 is 17.6 Å². The molecule has 0 amide bonds. The highest BCUT2D eigenvalue weighted by Crippen LogP contribution is 2.26. The quantitative estimate of drug-likeness (QED) is 0.585. The predicted octanol–water partition coefficient (Wildman–Crippen LogP) is 3.21. The van der Waals surface area contributed by atoms with Crippen LogP contribution in [0, 0.1) is 5.82 Å². The minimum Gasteiger partial charge on any atom is -0.244 e. The number of alkyl halides is 3. The molecule has 0 N–H and O–H groups in total. The summed E-state index contributed by atoms with van der Waals surface area (Å²) in [5.41, 5.74) is -0.304. The molecule has 0 aliphatic heterocycles. The van der Waals surface area contributed by atoms with Crippen LogP contribution in [0.25, 0.3) is 11.3 Å². The molecule has 0 aromatic carbocycles. The molecule has 90 valence electrons. The van der Waals surface area contributed by atoms with Gasteiger partial charge in [-0.05, 0) is 6.07 Å². The summed E-state index contributed by atoms with van der Waals surface area (Å²) in [4.78, 5) is 3.58. The molecule has 2 aromatic rings. The van der Waals surface area contributed by atoms with E-state index < -0.39 is 12.1 Å². The van der Waals surface area contributed by atoms with E-state index in [9.17, 15) is 17.6 Å². The summed E-state index contributed by atoms with van der Waals surface area (Å²) >= 11 is 5.43. The molecular weight excluding hydrogens is 262 g/mol. The van der Waals surface area contributed by atoms with E-state index in [1.807, 2.05) is 0 Å². The minimum absolute atomic E-state index is 0.0819. The Labute approximate surface area is 97.6 Å². The highest BCUT2D eigenvalue weighted by molar-refractivity contribution is 6.29. The number of nitrogens with zero attached hydrogens (tertiary/aromatic N) is 3. The molecule has 0 fully saturated rings. The van der Waals surface area contributed by atoms with Gasteiger partial charge >= 0.3 is 6.30 Å². The molecule has 0 atom stereocenters. The summed E-state index contributed by atoms with van der Waals surface area (Å²) in [6.45, 7) is 0. The van der Waals surface area contributed by atoms with Crippen LogP contribution in [0.1, 0.15) is 0 Å². The zero-order valence-electron chi connectivity index (χ0n) is 8.04. The molecule has 3 nitrogen and oxygen atoms in total. The lowest BCUT2D eigenvalue weighted by Gasteiger charge is -2.04. The lowest BCUT2D eigenvalue weighted by Crippen LogP contribution is -2.17. The first-order valence-electron chi connectivity index (χ1n) is 4.32. The fraction of sp³-hybridized carbons (Fsp3) is 0.111. The van der Waals surface area contributed by atoms with E-state index in [-0.39, 0.29) is 21.1 Å². The maximum Gasteiger partial charge on any atom is 0.504 e. The van der Waals surface area contributed by atoms with Crippen LogP contribution in [0.3, 0.4) is 0 Å². The van der Waals surface area contributed by atoms with Crippen LogP contribution in [0.2, 0.25) is 5.15 Å². The monoisotopic (exact) mass is 265 g/mol. The fourth-order valence-electron chi connectivity index (χ4n) is 1.20. The van der Waals surface area contributed by atoms with E-state index in [0.29, 0.717) is 6.20 Å². The van der Waals surface area contributed by atoms with Gasteiger partial charge in [-0.3, -0.25) is 0 Å². The zero-order valence-corrected chi connectivity index (χ0v) is 8.80. The van der Waals surface area contributed by atoms with Gasteiger partial charge in [0, 0.05) is 18.5 Å². The Morgan fingerprint density at radius 1 is 1.29 bits per heavy atom. The molecular formula is C9H4ClF4N3. The summed E-state index contributed by atoms with van der Waals surface area (Å²) < 4.78 is 49.9. The third-order valence-corrected chi connectivity index (χ3v) is 2.15. The van der Waals surface area contributed by atoms with E-state index in [4.69, 9.17) is 11.6 Å². The van der Waals surface area contributed by atoms with Crippen LogP contribution in [0.15, 0.2) is 24.5 Å². The lowest BCUT2D eigenvalue weighted by atomic mass is 10.2. The molecule has 2 aromatic heterocycles. The maximum absolute atomic E-state index is 13.4. The zero-order chi connectivity index (χ0) is 12.6. The van der Waals surface area contributed by atoms with Gasteiger partial charge in [-0.1, -0.05) is 11.6 Å². The number of rotatable bonds is 1. The molecule has 0 bridgehead atoms. The van der Waals surface area contributed by atoms with Crippen LogP contribution in [-0.2, 0) is 6.30 Å². The van der Waals surface area contributed by atoms with Crippen molar-refractivity contribution in [1.82, 2.24) is 14.8 Å². The van der Waals surface area contributed by atoms with Crippen LogP contribution in [0.5, 0.6) is 0 Å². The average molecular weight is 266 g/mol. The first-order chi connectivity index (χ1) is 7.88. The predicted molar refractivity (Wildman–Crippen MR) is 51.7 cm³/mol. The third kappa shape index (κ3) is 2.38. The summed E-state index contributed by atoms with van der Waals surface area (Å²) in [5, 5.41) is 3.13. The Balaban J connectivity index is 2.44. The van der Waals surface area contributed by atoms with Crippen molar-refractivity contribution >= 4 is 11.6 Å². The molecule has 17 heavy (non-hydrogen) atoms. The van der Waals surface area contributed by atoms with E-state index >= 15 is 0 Å². The molecule has 0 spiro atoms. The number of aromatic nitrogens is 3. The SMILES string of the molecule is Fc1cc(Cl)ncc1-c1ccn(C(F)(F)F)n1. The Hall–Kier alpha value is -1.63. The number of hydrogen-bond donors (Lipinski definition) is 0. The standard InChI is InChI=1S/C9H4ClF4N3/c10-8-3-6(11)5(4-15-8)7-1-2-17(16-7)9(12,13)14/h1-4H. The number of pyridine rings is 1.